The molecule has 0 bridgehead atoms. The van der Waals surface area contributed by atoms with Crippen molar-refractivity contribution >= 4 is 24.7 Å². The van der Waals surface area contributed by atoms with Gasteiger partial charge in [-0.15, -0.1) is 0 Å². The highest BCUT2D eigenvalue weighted by Gasteiger charge is 2.18. The number of nitrogens with one attached hydrogen (secondary N) is 1. The Labute approximate surface area is 91.3 Å². The van der Waals surface area contributed by atoms with E-state index in [1.165, 1.54) is 19.2 Å². The maximum atomic E-state index is 10.9. The van der Waals surface area contributed by atoms with Crippen LogP contribution < -0.4 is 10.6 Å². The van der Waals surface area contributed by atoms with Gasteiger partial charge in [0.2, 0.25) is 0 Å². The third kappa shape index (κ3) is 3.30. The molecular weight excluding hydrogens is 235 g/mol. The van der Waals surface area contributed by atoms with Crippen LogP contribution in [0.2, 0.25) is 0 Å². The van der Waals surface area contributed by atoms with Crippen LogP contribution in [0.4, 0.5) is 5.82 Å². The second-order valence-corrected chi connectivity index (χ2v) is 4.75. The summed E-state index contributed by atoms with van der Waals surface area (Å²) in [5, 5.41) is 10.9. The lowest BCUT2D eigenvalue weighted by Gasteiger charge is -2.11. The van der Waals surface area contributed by atoms with Crippen LogP contribution in [-0.4, -0.2) is 31.9 Å². The molecule has 1 rings (SSSR count). The third-order valence-corrected chi connectivity index (χ3v) is 2.77. The minimum Gasteiger partial charge on any atom is -0.480 e. The number of carbonyl (C=O) groups is 1. The molecule has 0 aliphatic carbocycles. The van der Waals surface area contributed by atoms with Crippen LogP contribution in [0.25, 0.3) is 0 Å². The minimum absolute atomic E-state index is 0.107. The minimum atomic E-state index is -4.34. The fourth-order valence-corrected chi connectivity index (χ4v) is 1.51. The van der Waals surface area contributed by atoms with E-state index in [0.717, 1.165) is 6.07 Å². The largest absolute Gasteiger partial charge is 0.480 e. The lowest BCUT2D eigenvalue weighted by atomic mass is 10.3. The normalized spacial score (nSPS) is 13.2. The van der Waals surface area contributed by atoms with Crippen molar-refractivity contribution in [1.29, 1.82) is 0 Å². The first-order chi connectivity index (χ1) is 7.30. The van der Waals surface area contributed by atoms with Gasteiger partial charge < -0.3 is 20.2 Å². The maximum Gasteiger partial charge on any atom is 0.356 e. The summed E-state index contributed by atoms with van der Waals surface area (Å²) in [6, 6.07) is 1.41. The van der Waals surface area contributed by atoms with E-state index in [1.807, 2.05) is 0 Å². The molecule has 0 fully saturated rings. The second kappa shape index (κ2) is 4.61. The van der Waals surface area contributed by atoms with Crippen LogP contribution in [0.1, 0.15) is 6.92 Å². The number of pyridine rings is 1. The predicted octanol–water partition coefficient (Wildman–Crippen LogP) is -0.230. The van der Waals surface area contributed by atoms with E-state index in [-0.39, 0.29) is 11.1 Å². The smallest absolute Gasteiger partial charge is 0.356 e. The summed E-state index contributed by atoms with van der Waals surface area (Å²) in [5.74, 6) is -0.973. The molecule has 4 N–H and O–H groups in total. The number of nitrogens with zero attached hydrogens (tertiary/aromatic N) is 1. The van der Waals surface area contributed by atoms with Crippen LogP contribution in [0, 0.1) is 0 Å². The Morgan fingerprint density at radius 2 is 2.19 bits per heavy atom. The van der Waals surface area contributed by atoms with Gasteiger partial charge in [-0.05, 0) is 19.1 Å². The van der Waals surface area contributed by atoms with Crippen molar-refractivity contribution in [3.63, 3.8) is 0 Å². The fourth-order valence-electron chi connectivity index (χ4n) is 0.963. The number of carboxylic acids is 1. The highest BCUT2D eigenvalue weighted by molar-refractivity contribution is 7.60. The van der Waals surface area contributed by atoms with Gasteiger partial charge in [0.25, 0.3) is 0 Å². The van der Waals surface area contributed by atoms with Gasteiger partial charge in [-0.3, -0.25) is 9.36 Å². The fraction of sp³-hybridized carbons (Fsp3) is 0.250. The van der Waals surface area contributed by atoms with Crippen molar-refractivity contribution in [2.24, 2.45) is 0 Å². The Hall–Kier alpha value is -1.43. The highest BCUT2D eigenvalue weighted by Crippen LogP contribution is 2.33. The Bertz CT molecular complexity index is 444. The van der Waals surface area contributed by atoms with E-state index in [9.17, 15) is 9.36 Å². The monoisotopic (exact) mass is 246 g/mol. The van der Waals surface area contributed by atoms with E-state index in [4.69, 9.17) is 14.9 Å². The number of rotatable bonds is 4. The molecule has 0 aromatic carbocycles. The third-order valence-electron chi connectivity index (χ3n) is 1.81. The summed E-state index contributed by atoms with van der Waals surface area (Å²) in [7, 11) is -4.34. The summed E-state index contributed by atoms with van der Waals surface area (Å²) >= 11 is 0. The summed E-state index contributed by atoms with van der Waals surface area (Å²) in [5.41, 5.74) is 0. The van der Waals surface area contributed by atoms with Crippen molar-refractivity contribution in [3.8, 4) is 0 Å². The number of anilines is 1. The van der Waals surface area contributed by atoms with Gasteiger partial charge in [0.15, 0.2) is 0 Å². The predicted molar refractivity (Wildman–Crippen MR) is 56.6 cm³/mol. The number of aliphatic carboxylic acids is 1. The second-order valence-electron chi connectivity index (χ2n) is 3.15. The molecule has 8 heteroatoms. The van der Waals surface area contributed by atoms with Gasteiger partial charge in [-0.1, -0.05) is 0 Å². The molecule has 1 aromatic rings. The zero-order valence-corrected chi connectivity index (χ0v) is 9.26. The number of carboxylic acid groups (broad SMARTS) is 1. The molecule has 0 aliphatic heterocycles. The van der Waals surface area contributed by atoms with Crippen molar-refractivity contribution in [2.45, 2.75) is 13.0 Å². The van der Waals surface area contributed by atoms with Crippen LogP contribution in [-0.2, 0) is 9.36 Å². The summed E-state index contributed by atoms with van der Waals surface area (Å²) < 4.78 is 10.9. The lowest BCUT2D eigenvalue weighted by Crippen LogP contribution is -2.26. The first kappa shape index (κ1) is 12.6. The Kier molecular flexibility index (Phi) is 3.64. The molecule has 0 spiro atoms. The molecule has 0 saturated heterocycles. The van der Waals surface area contributed by atoms with E-state index >= 15 is 0 Å². The van der Waals surface area contributed by atoms with Gasteiger partial charge in [-0.2, -0.15) is 0 Å². The maximum absolute atomic E-state index is 10.9. The SMILES string of the molecule is C[C@H](Nc1cc(P(=O)(O)O)ccn1)C(=O)O. The lowest BCUT2D eigenvalue weighted by molar-refractivity contribution is -0.137. The van der Waals surface area contributed by atoms with Gasteiger partial charge in [-0.25, -0.2) is 4.98 Å². The zero-order valence-electron chi connectivity index (χ0n) is 8.36. The summed E-state index contributed by atoms with van der Waals surface area (Å²) in [6.45, 7) is 1.40. The van der Waals surface area contributed by atoms with Gasteiger partial charge in [0.05, 0.1) is 5.30 Å². The van der Waals surface area contributed by atoms with Crippen molar-refractivity contribution in [1.82, 2.24) is 4.98 Å². The van der Waals surface area contributed by atoms with Crippen LogP contribution in [0.5, 0.6) is 0 Å². The Balaban J connectivity index is 2.92. The molecule has 0 radical (unpaired) electrons. The van der Waals surface area contributed by atoms with Crippen LogP contribution in [0.15, 0.2) is 18.3 Å². The molecule has 0 saturated carbocycles. The summed E-state index contributed by atoms with van der Waals surface area (Å²) in [6.07, 6.45) is 1.20. The average Bonchev–Trinajstić information content (AvgIpc) is 2.16. The molecule has 1 atom stereocenters. The van der Waals surface area contributed by atoms with Gasteiger partial charge in [0, 0.05) is 6.20 Å². The number of hydrogen-bond donors (Lipinski definition) is 4. The zero-order chi connectivity index (χ0) is 12.3. The van der Waals surface area contributed by atoms with Crippen LogP contribution >= 0.6 is 7.60 Å². The van der Waals surface area contributed by atoms with Gasteiger partial charge >= 0.3 is 13.6 Å². The van der Waals surface area contributed by atoms with E-state index in [1.54, 1.807) is 0 Å². The first-order valence-corrected chi connectivity index (χ1v) is 5.93. The molecule has 16 heavy (non-hydrogen) atoms. The quantitative estimate of drug-likeness (QED) is 0.541. The number of aromatic nitrogens is 1. The average molecular weight is 246 g/mol. The number of hydrogen-bond acceptors (Lipinski definition) is 4. The molecular formula is C8H11N2O5P. The van der Waals surface area contributed by atoms with Crippen molar-refractivity contribution in [3.05, 3.63) is 18.3 Å². The van der Waals surface area contributed by atoms with E-state index < -0.39 is 19.6 Å². The van der Waals surface area contributed by atoms with Crippen LogP contribution in [0.3, 0.4) is 0 Å². The van der Waals surface area contributed by atoms with E-state index in [0.29, 0.717) is 0 Å². The molecule has 0 aliphatic rings. The Morgan fingerprint density at radius 1 is 1.56 bits per heavy atom. The molecule has 0 amide bonds. The standard InChI is InChI=1S/C8H11N2O5P/c1-5(8(11)12)10-7-4-6(2-3-9-7)16(13,14)15/h2-5H,1H3,(H,9,10)(H,11,12)(H2,13,14,15)/t5-/m0/s1. The summed E-state index contributed by atoms with van der Waals surface area (Å²) in [4.78, 5) is 32.1. The topological polar surface area (TPSA) is 120 Å². The molecule has 1 aromatic heterocycles. The molecule has 88 valence electrons. The first-order valence-electron chi connectivity index (χ1n) is 4.32. The molecule has 0 unspecified atom stereocenters. The molecule has 1 heterocycles. The van der Waals surface area contributed by atoms with Crippen molar-refractivity contribution < 1.29 is 24.3 Å². The molecule has 7 nitrogen and oxygen atoms in total. The van der Waals surface area contributed by atoms with E-state index in [2.05, 4.69) is 10.3 Å². The highest BCUT2D eigenvalue weighted by atomic mass is 31.2. The van der Waals surface area contributed by atoms with Gasteiger partial charge in [0.1, 0.15) is 11.9 Å². The Morgan fingerprint density at radius 3 is 2.69 bits per heavy atom. The van der Waals surface area contributed by atoms with Crippen molar-refractivity contribution in [2.75, 3.05) is 5.32 Å².